The minimum absolute atomic E-state index is 0.0127. The molecule has 1 unspecified atom stereocenters. The minimum Gasteiger partial charge on any atom is -0.452 e. The minimum atomic E-state index is -0.935. The Bertz CT molecular complexity index is 36.6. The Labute approximate surface area is 39.7 Å². The van der Waals surface area contributed by atoms with Crippen LogP contribution in [-0.4, -0.2) is 18.1 Å². The Morgan fingerprint density at radius 1 is 2.00 bits per heavy atom. The largest absolute Gasteiger partial charge is 0.452 e. The third kappa shape index (κ3) is 0.755. The molecule has 0 bridgehead atoms. The van der Waals surface area contributed by atoms with Gasteiger partial charge in [0.1, 0.15) is 9.76 Å². The molecule has 4 heteroatoms. The highest BCUT2D eigenvalue weighted by molar-refractivity contribution is 7.11. The Morgan fingerprint density at radius 3 is 2.40 bits per heavy atom. The molecule has 1 fully saturated rings. The first-order valence-corrected chi connectivity index (χ1v) is 6.26. The van der Waals surface area contributed by atoms with Gasteiger partial charge in [0.15, 0.2) is 0 Å². The van der Waals surface area contributed by atoms with E-state index in [4.69, 9.17) is 15.2 Å². The van der Waals surface area contributed by atoms with Crippen molar-refractivity contribution in [2.24, 2.45) is 0 Å². The third-order valence-corrected chi connectivity index (χ3v) is 8.89. The molecule has 0 spiro atoms. The van der Waals surface area contributed by atoms with Crippen LogP contribution in [0.1, 0.15) is 0 Å². The van der Waals surface area contributed by atoms with Gasteiger partial charge in [-0.05, 0) is 5.67 Å². The Hall–Kier alpha value is 0.684. The van der Waals surface area contributed by atoms with E-state index >= 15 is 0 Å². The van der Waals surface area contributed by atoms with Gasteiger partial charge in [0.2, 0.25) is 0 Å². The van der Waals surface area contributed by atoms with Crippen LogP contribution in [0, 0.1) is 0 Å². The lowest BCUT2D eigenvalue weighted by atomic mass is 11.9. The summed E-state index contributed by atoms with van der Waals surface area (Å²) < 4.78 is 4.97. The molecule has 1 heterocycles. The predicted octanol–water partition coefficient (Wildman–Crippen LogP) is -0.483. The highest BCUT2D eigenvalue weighted by Crippen LogP contribution is 2.07. The highest BCUT2D eigenvalue weighted by Gasteiger charge is 2.16. The van der Waals surface area contributed by atoms with Gasteiger partial charge in [-0.2, -0.15) is 0 Å². The van der Waals surface area contributed by atoms with Gasteiger partial charge in [-0.3, -0.25) is 0 Å². The standard InChI is InChI=1S/CH5ClOSi2/c2-5-1-4-3-5/h5H,1,4H2. The zero-order valence-corrected chi connectivity index (χ0v) is 6.10. The maximum Gasteiger partial charge on any atom is 0.262 e. The molecule has 1 aliphatic heterocycles. The summed E-state index contributed by atoms with van der Waals surface area (Å²) in [4.78, 5) is 0. The molecule has 5 heavy (non-hydrogen) atoms. The van der Waals surface area contributed by atoms with Crippen LogP contribution in [0.25, 0.3) is 0 Å². The molecule has 1 rings (SSSR count). The summed E-state index contributed by atoms with van der Waals surface area (Å²) in [6.07, 6.45) is 0. The van der Waals surface area contributed by atoms with Crippen molar-refractivity contribution >= 4 is 29.2 Å². The lowest BCUT2D eigenvalue weighted by molar-refractivity contribution is 0.598. The van der Waals surface area contributed by atoms with Crippen LogP contribution in [0.2, 0.25) is 5.67 Å². The molecule has 0 N–H and O–H groups in total. The Balaban J connectivity index is 2.08. The van der Waals surface area contributed by atoms with E-state index in [1.165, 1.54) is 5.67 Å². The summed E-state index contributed by atoms with van der Waals surface area (Å²) in [5.41, 5.74) is 1.31. The van der Waals surface area contributed by atoms with E-state index in [0.29, 0.717) is 0 Å². The van der Waals surface area contributed by atoms with E-state index in [1.807, 2.05) is 0 Å². The molecule has 1 nitrogen and oxygen atoms in total. The van der Waals surface area contributed by atoms with Crippen molar-refractivity contribution in [1.82, 2.24) is 0 Å². The molecule has 1 saturated heterocycles. The summed E-state index contributed by atoms with van der Waals surface area (Å²) >= 11 is 5.50. The maximum atomic E-state index is 5.50. The smallest absolute Gasteiger partial charge is 0.262 e. The van der Waals surface area contributed by atoms with Crippen molar-refractivity contribution in [3.05, 3.63) is 0 Å². The molecule has 0 saturated carbocycles. The highest BCUT2D eigenvalue weighted by atomic mass is 35.6. The first kappa shape index (κ1) is 3.86. The summed E-state index contributed by atoms with van der Waals surface area (Å²) in [5.74, 6) is 0. The van der Waals surface area contributed by atoms with Gasteiger partial charge in [-0.1, -0.05) is 0 Å². The monoisotopic (exact) mass is 124 g/mol. The molecular weight excluding hydrogens is 120 g/mol. The quantitative estimate of drug-likeness (QED) is 0.313. The van der Waals surface area contributed by atoms with Crippen LogP contribution < -0.4 is 0 Å². The lowest BCUT2D eigenvalue weighted by Crippen LogP contribution is -2.27. The molecule has 30 valence electrons. The van der Waals surface area contributed by atoms with Crippen molar-refractivity contribution in [2.75, 3.05) is 0 Å². The van der Waals surface area contributed by atoms with Crippen LogP contribution >= 0.6 is 11.1 Å². The van der Waals surface area contributed by atoms with Crippen LogP contribution in [0.4, 0.5) is 0 Å². The fourth-order valence-corrected chi connectivity index (χ4v) is 3.47. The zero-order chi connectivity index (χ0) is 3.70. The van der Waals surface area contributed by atoms with Crippen molar-refractivity contribution in [3.8, 4) is 0 Å². The summed E-state index contributed by atoms with van der Waals surface area (Å²) in [6, 6.07) is 0. The number of rotatable bonds is 0. The van der Waals surface area contributed by atoms with Gasteiger partial charge < -0.3 is 4.12 Å². The molecule has 1 atom stereocenters. The lowest BCUT2D eigenvalue weighted by Gasteiger charge is -2.16. The SMILES string of the molecule is Cl[SiH]1C[SiH2]O1. The molecule has 1 aliphatic rings. The van der Waals surface area contributed by atoms with E-state index in [2.05, 4.69) is 0 Å². The second-order valence-electron chi connectivity index (χ2n) is 1.07. The van der Waals surface area contributed by atoms with Crippen LogP contribution in [0.3, 0.4) is 0 Å². The molecule has 0 aromatic carbocycles. The van der Waals surface area contributed by atoms with E-state index in [9.17, 15) is 0 Å². The van der Waals surface area contributed by atoms with Gasteiger partial charge in [0.05, 0.1) is 0 Å². The Morgan fingerprint density at radius 2 is 2.40 bits per heavy atom. The average molecular weight is 125 g/mol. The number of hydrogen-bond acceptors (Lipinski definition) is 1. The molecule has 0 amide bonds. The van der Waals surface area contributed by atoms with E-state index in [0.717, 1.165) is 0 Å². The van der Waals surface area contributed by atoms with E-state index in [1.54, 1.807) is 0 Å². The van der Waals surface area contributed by atoms with Gasteiger partial charge in [-0.25, -0.2) is 0 Å². The maximum absolute atomic E-state index is 5.50. The van der Waals surface area contributed by atoms with Crippen molar-refractivity contribution in [2.45, 2.75) is 5.67 Å². The predicted molar refractivity (Wildman–Crippen MR) is 27.4 cm³/mol. The van der Waals surface area contributed by atoms with Crippen molar-refractivity contribution < 1.29 is 4.12 Å². The zero-order valence-electron chi connectivity index (χ0n) is 2.78. The molecule has 0 aliphatic carbocycles. The number of hydrogen-bond donors (Lipinski definition) is 0. The van der Waals surface area contributed by atoms with Gasteiger partial charge in [-0.15, -0.1) is 11.1 Å². The van der Waals surface area contributed by atoms with Gasteiger partial charge in [0, 0.05) is 0 Å². The number of halogens is 1. The summed E-state index contributed by atoms with van der Waals surface area (Å²) in [5, 5.41) is 0. The second kappa shape index (κ2) is 1.42. The van der Waals surface area contributed by atoms with Crippen molar-refractivity contribution in [1.29, 1.82) is 0 Å². The van der Waals surface area contributed by atoms with Gasteiger partial charge >= 0.3 is 0 Å². The molecule has 0 aromatic rings. The third-order valence-electron chi connectivity index (χ3n) is 0.644. The second-order valence-corrected chi connectivity index (χ2v) is 7.40. The molecule has 0 radical (unpaired) electrons. The van der Waals surface area contributed by atoms with Crippen LogP contribution in [-0.2, 0) is 4.12 Å². The van der Waals surface area contributed by atoms with Crippen LogP contribution in [0.15, 0.2) is 0 Å². The normalized spacial score (nSPS) is 41.4. The summed E-state index contributed by atoms with van der Waals surface area (Å²) in [6.45, 7) is 0. The first-order chi connectivity index (χ1) is 2.39. The average Bonchev–Trinajstić information content (AvgIpc) is 1.30. The van der Waals surface area contributed by atoms with E-state index in [-0.39, 0.29) is 9.76 Å². The fraction of sp³-hybridized carbons (Fsp3) is 1.00. The topological polar surface area (TPSA) is 9.23 Å². The molecular formula is CH5ClOSi2. The Kier molecular flexibility index (Phi) is 1.10. The van der Waals surface area contributed by atoms with Gasteiger partial charge in [0.25, 0.3) is 8.35 Å². The molecule has 0 aromatic heterocycles. The first-order valence-electron chi connectivity index (χ1n) is 1.65. The van der Waals surface area contributed by atoms with E-state index < -0.39 is 8.35 Å². The fourth-order valence-electron chi connectivity index (χ4n) is 0.207. The summed E-state index contributed by atoms with van der Waals surface area (Å²) in [7, 11) is -0.948. The van der Waals surface area contributed by atoms with Crippen LogP contribution in [0.5, 0.6) is 0 Å². The van der Waals surface area contributed by atoms with Crippen molar-refractivity contribution in [3.63, 3.8) is 0 Å².